The van der Waals surface area contributed by atoms with E-state index in [4.69, 9.17) is 9.41 Å². The van der Waals surface area contributed by atoms with Gasteiger partial charge in [-0.05, 0) is 45.0 Å². The van der Waals surface area contributed by atoms with E-state index in [2.05, 4.69) is 50.2 Å². The zero-order valence-corrected chi connectivity index (χ0v) is 17.1. The van der Waals surface area contributed by atoms with Crippen molar-refractivity contribution < 1.29 is 4.42 Å². The van der Waals surface area contributed by atoms with E-state index in [1.54, 1.807) is 12.6 Å². The minimum Gasteiger partial charge on any atom is -0.468 e. The molecule has 0 bridgehead atoms. The standard InChI is InChI=1S/C20H33N7O/c1-3-19-25-24-16-27(19)13-10-22-20(21-4-2)23-15-17(18-9-8-14-28-18)26-11-6-5-7-12-26/h8-9,14,16-17H,3-7,10-13,15H2,1-2H3,(H2,21,22,23). The highest BCUT2D eigenvalue weighted by molar-refractivity contribution is 5.79. The van der Waals surface area contributed by atoms with Crippen molar-refractivity contribution in [2.45, 2.75) is 52.1 Å². The van der Waals surface area contributed by atoms with Crippen LogP contribution in [0.2, 0.25) is 0 Å². The van der Waals surface area contributed by atoms with Crippen LogP contribution in [-0.4, -0.2) is 58.3 Å². The Hall–Kier alpha value is -2.35. The van der Waals surface area contributed by atoms with Crippen molar-refractivity contribution in [2.75, 3.05) is 32.7 Å². The van der Waals surface area contributed by atoms with E-state index in [1.165, 1.54) is 19.3 Å². The molecule has 1 atom stereocenters. The van der Waals surface area contributed by atoms with Crippen molar-refractivity contribution in [2.24, 2.45) is 4.99 Å². The monoisotopic (exact) mass is 387 g/mol. The highest BCUT2D eigenvalue weighted by Gasteiger charge is 2.24. The van der Waals surface area contributed by atoms with Gasteiger partial charge in [0.2, 0.25) is 0 Å². The molecule has 2 N–H and O–H groups in total. The third-order valence-electron chi connectivity index (χ3n) is 5.13. The molecule has 0 radical (unpaired) electrons. The van der Waals surface area contributed by atoms with Crippen LogP contribution >= 0.6 is 0 Å². The summed E-state index contributed by atoms with van der Waals surface area (Å²) in [6, 6.07) is 4.22. The van der Waals surface area contributed by atoms with Crippen LogP contribution in [0, 0.1) is 0 Å². The first kappa shape index (κ1) is 20.4. The zero-order chi connectivity index (χ0) is 19.6. The molecular formula is C20H33N7O. The van der Waals surface area contributed by atoms with Crippen LogP contribution in [0.4, 0.5) is 0 Å². The Morgan fingerprint density at radius 2 is 2.11 bits per heavy atom. The average molecular weight is 388 g/mol. The molecule has 8 nitrogen and oxygen atoms in total. The Bertz CT molecular complexity index is 704. The topological polar surface area (TPSA) is 83.5 Å². The number of rotatable bonds is 9. The summed E-state index contributed by atoms with van der Waals surface area (Å²) in [6.07, 6.45) is 8.24. The van der Waals surface area contributed by atoms with Gasteiger partial charge in [0.05, 0.1) is 18.8 Å². The first-order valence-electron chi connectivity index (χ1n) is 10.5. The van der Waals surface area contributed by atoms with Gasteiger partial charge in [0.15, 0.2) is 5.96 Å². The lowest BCUT2D eigenvalue weighted by molar-refractivity contribution is 0.150. The fraction of sp³-hybridized carbons (Fsp3) is 0.650. The van der Waals surface area contributed by atoms with Gasteiger partial charge < -0.3 is 19.6 Å². The quantitative estimate of drug-likeness (QED) is 0.507. The van der Waals surface area contributed by atoms with E-state index in [1.807, 2.05) is 6.07 Å². The number of nitrogens with zero attached hydrogens (tertiary/aromatic N) is 5. The molecular weight excluding hydrogens is 354 g/mol. The number of aliphatic imine (C=N–C) groups is 1. The van der Waals surface area contributed by atoms with Gasteiger partial charge in [-0.25, -0.2) is 0 Å². The predicted molar refractivity (Wildman–Crippen MR) is 110 cm³/mol. The molecule has 1 aliphatic rings. The highest BCUT2D eigenvalue weighted by Crippen LogP contribution is 2.25. The SMILES string of the molecule is CCNC(=NCC(c1ccco1)N1CCCCC1)NCCn1cnnc1CC. The van der Waals surface area contributed by atoms with Crippen molar-refractivity contribution in [3.05, 3.63) is 36.3 Å². The number of piperidine rings is 1. The maximum Gasteiger partial charge on any atom is 0.191 e. The highest BCUT2D eigenvalue weighted by atomic mass is 16.3. The summed E-state index contributed by atoms with van der Waals surface area (Å²) in [4.78, 5) is 7.36. The third kappa shape index (κ3) is 5.58. The molecule has 3 rings (SSSR count). The van der Waals surface area contributed by atoms with Gasteiger partial charge in [0.25, 0.3) is 0 Å². The van der Waals surface area contributed by atoms with Crippen LogP contribution in [0.15, 0.2) is 34.1 Å². The number of nitrogens with one attached hydrogen (secondary N) is 2. The Kier molecular flexibility index (Phi) is 7.90. The van der Waals surface area contributed by atoms with Crippen LogP contribution in [-0.2, 0) is 13.0 Å². The first-order chi connectivity index (χ1) is 13.8. The second-order valence-electron chi connectivity index (χ2n) is 7.07. The summed E-state index contributed by atoms with van der Waals surface area (Å²) < 4.78 is 7.81. The molecule has 1 saturated heterocycles. The molecule has 0 aliphatic carbocycles. The molecule has 0 aromatic carbocycles. The van der Waals surface area contributed by atoms with Crippen molar-refractivity contribution in [3.8, 4) is 0 Å². The molecule has 1 aliphatic heterocycles. The van der Waals surface area contributed by atoms with Gasteiger partial charge >= 0.3 is 0 Å². The molecule has 8 heteroatoms. The lowest BCUT2D eigenvalue weighted by atomic mass is 10.1. The summed E-state index contributed by atoms with van der Waals surface area (Å²) in [5.74, 6) is 2.84. The normalized spacial score (nSPS) is 16.9. The van der Waals surface area contributed by atoms with Crippen molar-refractivity contribution in [3.63, 3.8) is 0 Å². The van der Waals surface area contributed by atoms with E-state index in [-0.39, 0.29) is 6.04 Å². The number of likely N-dealkylation sites (tertiary alicyclic amines) is 1. The molecule has 0 amide bonds. The molecule has 1 fully saturated rings. The molecule has 2 aromatic heterocycles. The number of hydrogen-bond donors (Lipinski definition) is 2. The Morgan fingerprint density at radius 1 is 1.25 bits per heavy atom. The van der Waals surface area contributed by atoms with Gasteiger partial charge in [-0.15, -0.1) is 10.2 Å². The Balaban J connectivity index is 1.60. The first-order valence-corrected chi connectivity index (χ1v) is 10.5. The number of guanidine groups is 1. The van der Waals surface area contributed by atoms with Gasteiger partial charge in [-0.2, -0.15) is 0 Å². The molecule has 2 aromatic rings. The van der Waals surface area contributed by atoms with E-state index in [9.17, 15) is 0 Å². The summed E-state index contributed by atoms with van der Waals surface area (Å²) in [6.45, 7) is 9.48. The van der Waals surface area contributed by atoms with E-state index >= 15 is 0 Å². The fourth-order valence-corrected chi connectivity index (χ4v) is 3.65. The van der Waals surface area contributed by atoms with Crippen molar-refractivity contribution in [1.29, 1.82) is 0 Å². The fourth-order valence-electron chi connectivity index (χ4n) is 3.65. The van der Waals surface area contributed by atoms with Crippen LogP contribution in [0.3, 0.4) is 0 Å². The van der Waals surface area contributed by atoms with Crippen LogP contribution in [0.1, 0.15) is 50.7 Å². The van der Waals surface area contributed by atoms with Crippen molar-refractivity contribution in [1.82, 2.24) is 30.3 Å². The lowest BCUT2D eigenvalue weighted by Crippen LogP contribution is -2.40. The average Bonchev–Trinajstić information content (AvgIpc) is 3.41. The number of furan rings is 1. The van der Waals surface area contributed by atoms with E-state index in [0.717, 1.165) is 56.7 Å². The van der Waals surface area contributed by atoms with Crippen LogP contribution in [0.25, 0.3) is 0 Å². The van der Waals surface area contributed by atoms with Gasteiger partial charge in [-0.3, -0.25) is 9.89 Å². The molecule has 154 valence electrons. The minimum atomic E-state index is 0.190. The molecule has 0 spiro atoms. The number of aryl methyl sites for hydroxylation is 1. The summed E-state index contributed by atoms with van der Waals surface area (Å²) in [5.41, 5.74) is 0. The summed E-state index contributed by atoms with van der Waals surface area (Å²) >= 11 is 0. The van der Waals surface area contributed by atoms with Gasteiger partial charge in [0.1, 0.15) is 17.9 Å². The molecule has 1 unspecified atom stereocenters. The second kappa shape index (κ2) is 10.8. The largest absolute Gasteiger partial charge is 0.468 e. The smallest absolute Gasteiger partial charge is 0.191 e. The van der Waals surface area contributed by atoms with E-state index in [0.29, 0.717) is 6.54 Å². The molecule has 3 heterocycles. The zero-order valence-electron chi connectivity index (χ0n) is 17.1. The number of hydrogen-bond acceptors (Lipinski definition) is 5. The maximum absolute atomic E-state index is 5.73. The molecule has 0 saturated carbocycles. The summed E-state index contributed by atoms with van der Waals surface area (Å²) in [7, 11) is 0. The van der Waals surface area contributed by atoms with Crippen molar-refractivity contribution >= 4 is 5.96 Å². The third-order valence-corrected chi connectivity index (χ3v) is 5.13. The number of aromatic nitrogens is 3. The Labute approximate surface area is 167 Å². The van der Waals surface area contributed by atoms with Gasteiger partial charge in [-0.1, -0.05) is 13.3 Å². The lowest BCUT2D eigenvalue weighted by Gasteiger charge is -2.32. The molecule has 28 heavy (non-hydrogen) atoms. The minimum absolute atomic E-state index is 0.190. The van der Waals surface area contributed by atoms with Crippen LogP contribution in [0.5, 0.6) is 0 Å². The second-order valence-corrected chi connectivity index (χ2v) is 7.07. The maximum atomic E-state index is 5.73. The predicted octanol–water partition coefficient (Wildman–Crippen LogP) is 2.22. The van der Waals surface area contributed by atoms with Gasteiger partial charge in [0, 0.05) is 26.1 Å². The Morgan fingerprint density at radius 3 is 2.82 bits per heavy atom. The van der Waals surface area contributed by atoms with Crippen LogP contribution < -0.4 is 10.6 Å². The summed E-state index contributed by atoms with van der Waals surface area (Å²) in [5, 5.41) is 14.9. The van der Waals surface area contributed by atoms with E-state index < -0.39 is 0 Å².